The molecule has 160 valence electrons. The maximum atomic E-state index is 8.66. The zero-order valence-corrected chi connectivity index (χ0v) is 21.4. The van der Waals surface area contributed by atoms with Crippen LogP contribution in [0.5, 0.6) is 0 Å². The Labute approximate surface area is 189 Å². The van der Waals surface area contributed by atoms with Gasteiger partial charge in [0, 0.05) is 0 Å². The van der Waals surface area contributed by atoms with Crippen LogP contribution in [0, 0.1) is 0 Å². The molecule has 0 atom stereocenters. The van der Waals surface area contributed by atoms with Crippen LogP contribution in [-0.2, 0) is 71.3 Å². The molecule has 0 aromatic carbocycles. The molecule has 25 heteroatoms. The van der Waals surface area contributed by atoms with Gasteiger partial charge in [0.2, 0.25) is 0 Å². The minimum absolute atomic E-state index is 0. The molecule has 0 amide bonds. The van der Waals surface area contributed by atoms with Crippen LogP contribution in [0.1, 0.15) is 0 Å². The van der Waals surface area contributed by atoms with E-state index in [2.05, 4.69) is 0 Å². The molecule has 0 spiro atoms. The van der Waals surface area contributed by atoms with E-state index < -0.39 is 31.3 Å². The standard InChI is InChI=1S/Na.4H3O4P.2H2O.2Pt/c;4*1-5(2,3)4;;;;/h;4*(H3,1,2,3,4);2*1H2;;/q+1;;;;;;;2*+2/p-6. The molecular formula is H10NaO18P4Pt2-. The van der Waals surface area contributed by atoms with E-state index in [9.17, 15) is 0 Å². The van der Waals surface area contributed by atoms with Crippen molar-refractivity contribution in [2.75, 3.05) is 0 Å². The summed E-state index contributed by atoms with van der Waals surface area (Å²) in [5.41, 5.74) is 0. The summed E-state index contributed by atoms with van der Waals surface area (Å²) in [5.74, 6) is 0. The summed E-state index contributed by atoms with van der Waals surface area (Å²) in [6, 6.07) is 0. The van der Waals surface area contributed by atoms with Crippen molar-refractivity contribution in [3.8, 4) is 0 Å². The molecule has 18 nitrogen and oxygen atoms in total. The van der Waals surface area contributed by atoms with Gasteiger partial charge in [0.05, 0.1) is 31.3 Å². The molecule has 0 rings (SSSR count). The maximum absolute atomic E-state index is 8.66. The van der Waals surface area contributed by atoms with Gasteiger partial charge < -0.3 is 87.9 Å². The average Bonchev–Trinajstić information content (AvgIpc) is 1.62. The second kappa shape index (κ2) is 24.8. The van der Waals surface area contributed by atoms with Crippen LogP contribution in [0.25, 0.3) is 0 Å². The molecule has 0 fully saturated rings. The minimum Gasteiger partial charge on any atom is -0.790 e. The second-order valence-electron chi connectivity index (χ2n) is 1.87. The summed E-state index contributed by atoms with van der Waals surface area (Å²) in [6.07, 6.45) is 0. The van der Waals surface area contributed by atoms with Gasteiger partial charge in [0.1, 0.15) is 0 Å². The van der Waals surface area contributed by atoms with Gasteiger partial charge in [0.15, 0.2) is 0 Å². The zero-order valence-electron chi connectivity index (χ0n) is 11.3. The van der Waals surface area contributed by atoms with Gasteiger partial charge in [-0.25, -0.2) is 0 Å². The largest absolute Gasteiger partial charge is 2.00 e. The molecule has 0 aromatic rings. The summed E-state index contributed by atoms with van der Waals surface area (Å²) in [7, 11) is -20.6. The number of phosphoric acid groups is 4. The average molecular weight is 835 g/mol. The van der Waals surface area contributed by atoms with E-state index in [-0.39, 0.29) is 82.6 Å². The molecule has 10 N–H and O–H groups in total. The summed E-state index contributed by atoms with van der Waals surface area (Å²) in [5, 5.41) is 0. The van der Waals surface area contributed by atoms with Gasteiger partial charge in [-0.2, -0.15) is 0 Å². The van der Waals surface area contributed by atoms with Gasteiger partial charge in [0.25, 0.3) is 0 Å². The van der Waals surface area contributed by atoms with Crippen LogP contribution < -0.4 is 68.7 Å². The third kappa shape index (κ3) is 2180. The summed E-state index contributed by atoms with van der Waals surface area (Å²) >= 11 is 0. The van der Waals surface area contributed by atoms with Crippen molar-refractivity contribution in [3.05, 3.63) is 0 Å². The maximum Gasteiger partial charge on any atom is 2.00 e. The molecule has 0 aromatic heterocycles. The van der Waals surface area contributed by atoms with E-state index in [1.54, 1.807) is 0 Å². The molecule has 0 saturated carbocycles. The van der Waals surface area contributed by atoms with Crippen LogP contribution >= 0.6 is 31.3 Å². The van der Waals surface area contributed by atoms with Crippen LogP contribution in [0.4, 0.5) is 0 Å². The van der Waals surface area contributed by atoms with Gasteiger partial charge in [-0.15, -0.1) is 0 Å². The summed E-state index contributed by atoms with van der Waals surface area (Å²) in [6.45, 7) is 0. The molecule has 25 heavy (non-hydrogen) atoms. The second-order valence-corrected chi connectivity index (χ2v) is 5.62. The number of hydrogen-bond acceptors (Lipinski definition) is 12. The molecule has 0 heterocycles. The Morgan fingerprint density at radius 3 is 0.440 bits per heavy atom. The predicted octanol–water partition coefficient (Wildman–Crippen LogP) is -13.6. The minimum atomic E-state index is -5.14. The Hall–Kier alpha value is 2.74. The monoisotopic (exact) mass is 835 g/mol. The molecule has 0 aliphatic carbocycles. The molecular weight excluding hydrogens is 825 g/mol. The van der Waals surface area contributed by atoms with Crippen molar-refractivity contribution in [1.29, 1.82) is 0 Å². The van der Waals surface area contributed by atoms with Crippen LogP contribution in [-0.4, -0.2) is 19.6 Å². The molecule has 0 radical (unpaired) electrons. The van der Waals surface area contributed by atoms with E-state index in [1.165, 1.54) is 0 Å². The predicted molar refractivity (Wildman–Crippen MR) is 49.0 cm³/mol. The third-order valence-corrected chi connectivity index (χ3v) is 0. The first-order valence-electron chi connectivity index (χ1n) is 2.99. The third-order valence-electron chi connectivity index (χ3n) is 0. The fourth-order valence-corrected chi connectivity index (χ4v) is 0. The van der Waals surface area contributed by atoms with E-state index in [0.717, 1.165) is 0 Å². The fraction of sp³-hybridized carbons (Fsp3) is 0. The van der Waals surface area contributed by atoms with Gasteiger partial charge in [-0.05, 0) is 0 Å². The first-order chi connectivity index (χ1) is 8.00. The smallest absolute Gasteiger partial charge is 0.790 e. The Balaban J connectivity index is -0.0000000183. The van der Waals surface area contributed by atoms with Gasteiger partial charge in [-0.1, -0.05) is 0 Å². The molecule has 0 aliphatic rings. The Kier molecular flexibility index (Phi) is 56.0. The van der Waals surface area contributed by atoms with Gasteiger partial charge in [-0.3, -0.25) is 0 Å². The SMILES string of the molecule is O=P([O-])([O-])O.O=P([O-])([O-])O.O=P([O-])([O-])O.O=P([O-])([O-])O.[Na+].[OH3+].[OH3+].[Pt+2].[Pt+2]. The number of hydrogen-bond donors (Lipinski definition) is 4. The molecule has 0 unspecified atom stereocenters. The number of rotatable bonds is 0. The van der Waals surface area contributed by atoms with Crippen molar-refractivity contribution in [2.45, 2.75) is 0 Å². The Morgan fingerprint density at radius 1 is 0.440 bits per heavy atom. The van der Waals surface area contributed by atoms with E-state index in [1.807, 2.05) is 0 Å². The summed E-state index contributed by atoms with van der Waals surface area (Å²) in [4.78, 5) is 97.1. The van der Waals surface area contributed by atoms with Crippen molar-refractivity contribution in [2.24, 2.45) is 0 Å². The Bertz CT molecular complexity index is 296. The molecule has 0 saturated heterocycles. The normalized spacial score (nSPS) is 9.44. The fourth-order valence-electron chi connectivity index (χ4n) is 0. The Morgan fingerprint density at radius 2 is 0.440 bits per heavy atom. The quantitative estimate of drug-likeness (QED) is 0.1000. The van der Waals surface area contributed by atoms with Crippen LogP contribution in [0.2, 0.25) is 0 Å². The van der Waals surface area contributed by atoms with Crippen molar-refractivity contribution < 1.29 is 160 Å². The van der Waals surface area contributed by atoms with Crippen molar-refractivity contribution in [1.82, 2.24) is 0 Å². The van der Waals surface area contributed by atoms with Crippen molar-refractivity contribution >= 4 is 31.3 Å². The first kappa shape index (κ1) is 56.5. The van der Waals surface area contributed by atoms with Gasteiger partial charge >= 0.3 is 71.7 Å². The topological polar surface area (TPSA) is 400 Å². The summed E-state index contributed by atoms with van der Waals surface area (Å²) < 4.78 is 34.6. The van der Waals surface area contributed by atoms with Crippen molar-refractivity contribution in [3.63, 3.8) is 0 Å². The van der Waals surface area contributed by atoms with Crippen LogP contribution in [0.3, 0.4) is 0 Å². The van der Waals surface area contributed by atoms with E-state index in [0.29, 0.717) is 0 Å². The molecule has 0 bridgehead atoms. The molecule has 0 aliphatic heterocycles. The van der Waals surface area contributed by atoms with Crippen LogP contribution in [0.15, 0.2) is 0 Å². The zero-order chi connectivity index (χ0) is 18.0. The van der Waals surface area contributed by atoms with E-state index >= 15 is 0 Å². The first-order valence-corrected chi connectivity index (χ1v) is 8.97. The van der Waals surface area contributed by atoms with E-state index in [4.69, 9.17) is 77.0 Å².